The molecule has 2 bridgehead atoms. The highest BCUT2D eigenvalue weighted by atomic mass is 32.2. The Hall–Kier alpha value is -1.93. The average molecular weight is 416 g/mol. The van der Waals surface area contributed by atoms with Crippen LogP contribution in [0, 0.1) is 0 Å². The lowest BCUT2D eigenvalue weighted by molar-refractivity contribution is 0.0663. The van der Waals surface area contributed by atoms with E-state index in [-0.39, 0.29) is 10.3 Å². The first kappa shape index (κ1) is 20.3. The van der Waals surface area contributed by atoms with Gasteiger partial charge < -0.3 is 15.3 Å². The molecule has 7 heteroatoms. The second-order valence-corrected chi connectivity index (χ2v) is 10.2. The smallest absolute Gasteiger partial charge is 0.238 e. The number of hydrogen-bond donors (Lipinski definition) is 3. The molecule has 2 aromatic rings. The fourth-order valence-electron chi connectivity index (χ4n) is 5.06. The van der Waals surface area contributed by atoms with Crippen LogP contribution in [0.4, 0.5) is 0 Å². The molecule has 1 heterocycles. The Morgan fingerprint density at radius 1 is 1.24 bits per heavy atom. The maximum Gasteiger partial charge on any atom is 0.238 e. The molecule has 4 N–H and O–H groups in total. The van der Waals surface area contributed by atoms with Crippen molar-refractivity contribution in [1.29, 1.82) is 0 Å². The van der Waals surface area contributed by atoms with Gasteiger partial charge in [-0.15, -0.1) is 0 Å². The topological polar surface area (TPSA) is 95.7 Å². The minimum absolute atomic E-state index is 0.0268. The Kier molecular flexibility index (Phi) is 5.19. The third-order valence-corrected chi connectivity index (χ3v) is 7.72. The van der Waals surface area contributed by atoms with Crippen molar-refractivity contribution in [3.8, 4) is 5.75 Å². The Morgan fingerprint density at radius 3 is 2.66 bits per heavy atom. The summed E-state index contributed by atoms with van der Waals surface area (Å²) in [5.74, 6) is 0.330. The van der Waals surface area contributed by atoms with E-state index in [1.165, 1.54) is 11.1 Å². The first-order valence-corrected chi connectivity index (χ1v) is 11.6. The van der Waals surface area contributed by atoms with Crippen LogP contribution in [-0.4, -0.2) is 50.6 Å². The maximum absolute atomic E-state index is 11.4. The summed E-state index contributed by atoms with van der Waals surface area (Å²) in [5, 5.41) is 19.0. The summed E-state index contributed by atoms with van der Waals surface area (Å²) in [5.41, 5.74) is 3.64. The Labute approximate surface area is 172 Å². The summed E-state index contributed by atoms with van der Waals surface area (Å²) < 4.78 is 22.8. The Balaban J connectivity index is 1.51. The fraction of sp³-hybridized carbons (Fsp3) is 0.455. The zero-order valence-corrected chi connectivity index (χ0v) is 17.7. The van der Waals surface area contributed by atoms with E-state index in [0.717, 1.165) is 37.9 Å². The SMILES string of the molecule is CN1CC[C@@]2(C)c3cc(O)ccc3C[C@H]1[C@H]2NCCc1ccc(S(N)(=O)=O)cc1. The number of phenols is 1. The summed E-state index contributed by atoms with van der Waals surface area (Å²) in [6.07, 6.45) is 2.82. The van der Waals surface area contributed by atoms with Crippen molar-refractivity contribution in [2.75, 3.05) is 20.1 Å². The lowest BCUT2D eigenvalue weighted by Gasteiger charge is -2.55. The van der Waals surface area contributed by atoms with Crippen LogP contribution in [-0.2, 0) is 28.3 Å². The summed E-state index contributed by atoms with van der Waals surface area (Å²) in [6.45, 7) is 4.15. The van der Waals surface area contributed by atoms with E-state index in [1.54, 1.807) is 18.2 Å². The second kappa shape index (κ2) is 7.40. The standard InChI is InChI=1S/C22H29N3O3S/c1-22-10-12-25(2)20(13-16-5-6-17(26)14-19(16)22)21(22)24-11-9-15-3-7-18(8-4-15)29(23,27)28/h3-8,14,20-21,24,26H,9-13H2,1-2H3,(H2,23,27,28)/t20-,21+,22-/m0/s1. The van der Waals surface area contributed by atoms with E-state index in [9.17, 15) is 13.5 Å². The fourth-order valence-corrected chi connectivity index (χ4v) is 5.58. The van der Waals surface area contributed by atoms with E-state index >= 15 is 0 Å². The van der Waals surface area contributed by atoms with E-state index in [4.69, 9.17) is 5.14 Å². The van der Waals surface area contributed by atoms with E-state index in [0.29, 0.717) is 17.8 Å². The lowest BCUT2D eigenvalue weighted by Crippen LogP contribution is -2.66. The predicted octanol–water partition coefficient (Wildman–Crippen LogP) is 1.76. The number of sulfonamides is 1. The van der Waals surface area contributed by atoms with Gasteiger partial charge in [-0.1, -0.05) is 25.1 Å². The van der Waals surface area contributed by atoms with Gasteiger partial charge in [0.15, 0.2) is 0 Å². The molecule has 1 fully saturated rings. The van der Waals surface area contributed by atoms with Gasteiger partial charge >= 0.3 is 0 Å². The molecular weight excluding hydrogens is 386 g/mol. The molecule has 1 aliphatic heterocycles. The molecule has 6 nitrogen and oxygen atoms in total. The number of nitrogens with two attached hydrogens (primary N) is 1. The van der Waals surface area contributed by atoms with Gasteiger partial charge in [0.2, 0.25) is 10.0 Å². The molecule has 156 valence electrons. The molecule has 0 spiro atoms. The highest BCUT2D eigenvalue weighted by molar-refractivity contribution is 7.89. The van der Waals surface area contributed by atoms with Crippen LogP contribution < -0.4 is 10.5 Å². The molecule has 2 aromatic carbocycles. The van der Waals surface area contributed by atoms with E-state index in [1.807, 2.05) is 18.2 Å². The van der Waals surface area contributed by atoms with Crippen LogP contribution in [0.5, 0.6) is 5.75 Å². The first-order chi connectivity index (χ1) is 13.7. The number of nitrogens with zero attached hydrogens (tertiary/aromatic N) is 1. The Morgan fingerprint density at radius 2 is 1.97 bits per heavy atom. The predicted molar refractivity (Wildman–Crippen MR) is 114 cm³/mol. The number of piperidine rings is 1. The second-order valence-electron chi connectivity index (χ2n) is 8.63. The van der Waals surface area contributed by atoms with Gasteiger partial charge in [-0.25, -0.2) is 13.6 Å². The largest absolute Gasteiger partial charge is 0.508 e. The molecular formula is C22H29N3O3S. The molecule has 0 radical (unpaired) electrons. The van der Waals surface area contributed by atoms with Crippen molar-refractivity contribution in [3.63, 3.8) is 0 Å². The van der Waals surface area contributed by atoms with Crippen LogP contribution in [0.2, 0.25) is 0 Å². The number of hydrogen-bond acceptors (Lipinski definition) is 5. The van der Waals surface area contributed by atoms with Crippen LogP contribution in [0.15, 0.2) is 47.4 Å². The van der Waals surface area contributed by atoms with Crippen LogP contribution >= 0.6 is 0 Å². The normalized spacial score (nSPS) is 26.9. The summed E-state index contributed by atoms with van der Waals surface area (Å²) in [4.78, 5) is 2.58. The van der Waals surface area contributed by atoms with Crippen LogP contribution in [0.1, 0.15) is 30.0 Å². The van der Waals surface area contributed by atoms with E-state index < -0.39 is 10.0 Å². The zero-order valence-electron chi connectivity index (χ0n) is 16.9. The molecule has 2 aliphatic rings. The zero-order chi connectivity index (χ0) is 20.8. The van der Waals surface area contributed by atoms with Crippen LogP contribution in [0.25, 0.3) is 0 Å². The van der Waals surface area contributed by atoms with Crippen molar-refractivity contribution >= 4 is 10.0 Å². The number of rotatable bonds is 5. The van der Waals surface area contributed by atoms with Gasteiger partial charge in [-0.3, -0.25) is 0 Å². The minimum Gasteiger partial charge on any atom is -0.508 e. The molecule has 1 aliphatic carbocycles. The maximum atomic E-state index is 11.4. The summed E-state index contributed by atoms with van der Waals surface area (Å²) in [6, 6.07) is 13.3. The van der Waals surface area contributed by atoms with Gasteiger partial charge in [0.05, 0.1) is 4.90 Å². The van der Waals surface area contributed by atoms with E-state index in [2.05, 4.69) is 30.3 Å². The molecule has 3 atom stereocenters. The first-order valence-electron chi connectivity index (χ1n) is 10.1. The molecule has 0 amide bonds. The van der Waals surface area contributed by atoms with Gasteiger partial charge in [-0.05, 0) is 80.4 Å². The lowest BCUT2D eigenvalue weighted by atomic mass is 9.61. The number of aromatic hydroxyl groups is 1. The van der Waals surface area contributed by atoms with Crippen molar-refractivity contribution < 1.29 is 13.5 Å². The minimum atomic E-state index is -3.66. The third kappa shape index (κ3) is 3.80. The van der Waals surface area contributed by atoms with Gasteiger partial charge in [0.25, 0.3) is 0 Å². The number of primary sulfonamides is 1. The van der Waals surface area contributed by atoms with Crippen molar-refractivity contribution in [2.45, 2.75) is 48.6 Å². The average Bonchev–Trinajstić information content (AvgIpc) is 2.67. The van der Waals surface area contributed by atoms with Gasteiger partial charge in [-0.2, -0.15) is 0 Å². The molecule has 0 aromatic heterocycles. The van der Waals surface area contributed by atoms with Crippen molar-refractivity contribution in [3.05, 3.63) is 59.2 Å². The molecule has 4 rings (SSSR count). The Bertz CT molecular complexity index is 1010. The van der Waals surface area contributed by atoms with Gasteiger partial charge in [0.1, 0.15) is 5.75 Å². The molecule has 1 saturated heterocycles. The summed E-state index contributed by atoms with van der Waals surface area (Å²) in [7, 11) is -1.46. The highest BCUT2D eigenvalue weighted by Gasteiger charge is 2.49. The van der Waals surface area contributed by atoms with Gasteiger partial charge in [0, 0.05) is 17.5 Å². The van der Waals surface area contributed by atoms with Crippen LogP contribution in [0.3, 0.4) is 0 Å². The highest BCUT2D eigenvalue weighted by Crippen LogP contribution is 2.45. The summed E-state index contributed by atoms with van der Waals surface area (Å²) >= 11 is 0. The quantitative estimate of drug-likeness (QED) is 0.692. The number of phenolic OH excluding ortho intramolecular Hbond substituents is 1. The van der Waals surface area contributed by atoms with Crippen molar-refractivity contribution in [1.82, 2.24) is 10.2 Å². The number of benzene rings is 2. The number of nitrogens with one attached hydrogen (secondary N) is 1. The van der Waals surface area contributed by atoms with Crippen molar-refractivity contribution in [2.24, 2.45) is 5.14 Å². The number of likely N-dealkylation sites (tertiary alicyclic amines) is 1. The molecule has 29 heavy (non-hydrogen) atoms. The molecule has 0 saturated carbocycles. The molecule has 0 unspecified atom stereocenters. The number of likely N-dealkylation sites (N-methyl/N-ethyl adjacent to an activating group) is 1. The number of fused-ring (bicyclic) bond motifs is 4. The third-order valence-electron chi connectivity index (χ3n) is 6.79. The monoisotopic (exact) mass is 415 g/mol.